The summed E-state index contributed by atoms with van der Waals surface area (Å²) in [5.41, 5.74) is 1.29. The van der Waals surface area contributed by atoms with Gasteiger partial charge >= 0.3 is 0 Å². The second-order valence-electron chi connectivity index (χ2n) is 6.64. The first-order valence-corrected chi connectivity index (χ1v) is 8.88. The van der Waals surface area contributed by atoms with Crippen molar-refractivity contribution >= 4 is 0 Å². The molecule has 1 aliphatic carbocycles. The molecule has 0 saturated heterocycles. The topological polar surface area (TPSA) is 50.7 Å². The molecule has 0 radical (unpaired) electrons. The van der Waals surface area contributed by atoms with Gasteiger partial charge in [-0.15, -0.1) is 0 Å². The average molecular weight is 321 g/mol. The lowest BCUT2D eigenvalue weighted by molar-refractivity contribution is 0.0606. The number of hydrogen-bond acceptors (Lipinski definition) is 4. The zero-order valence-electron chi connectivity index (χ0n) is 14.5. The predicted octanol–water partition coefficient (Wildman–Crippen LogP) is 2.93. The summed E-state index contributed by atoms with van der Waals surface area (Å²) in [6.45, 7) is 5.82. The molecule has 0 bridgehead atoms. The largest absolute Gasteiger partial charge is 0.492 e. The van der Waals surface area contributed by atoms with E-state index in [4.69, 9.17) is 9.47 Å². The molecule has 23 heavy (non-hydrogen) atoms. The number of ether oxygens (including phenoxy) is 2. The lowest BCUT2D eigenvalue weighted by atomic mass is 10.1. The van der Waals surface area contributed by atoms with E-state index in [1.54, 1.807) is 6.92 Å². The summed E-state index contributed by atoms with van der Waals surface area (Å²) < 4.78 is 11.7. The highest BCUT2D eigenvalue weighted by molar-refractivity contribution is 5.27. The van der Waals surface area contributed by atoms with Crippen molar-refractivity contribution < 1.29 is 14.6 Å². The standard InChI is InChI=1S/C19H31NO3/c1-15(20-13-16(2)21)14-23-19-9-7-17(8-10-19)11-12-22-18-5-3-4-6-18/h7-10,15-16,18,20-21H,3-6,11-14H2,1-2H3. The van der Waals surface area contributed by atoms with Crippen molar-refractivity contribution in [3.8, 4) is 5.75 Å². The van der Waals surface area contributed by atoms with Crippen LogP contribution in [-0.4, -0.2) is 43.1 Å². The minimum Gasteiger partial charge on any atom is -0.492 e. The summed E-state index contributed by atoms with van der Waals surface area (Å²) in [7, 11) is 0. The molecule has 0 amide bonds. The summed E-state index contributed by atoms with van der Waals surface area (Å²) in [6.07, 6.45) is 6.23. The highest BCUT2D eigenvalue weighted by Gasteiger charge is 2.14. The third-order valence-electron chi connectivity index (χ3n) is 4.23. The number of aliphatic hydroxyl groups is 1. The Hall–Kier alpha value is -1.10. The second-order valence-corrected chi connectivity index (χ2v) is 6.64. The van der Waals surface area contributed by atoms with E-state index >= 15 is 0 Å². The van der Waals surface area contributed by atoms with E-state index in [-0.39, 0.29) is 12.1 Å². The molecular formula is C19H31NO3. The second kappa shape index (κ2) is 9.91. The van der Waals surface area contributed by atoms with Crippen molar-refractivity contribution in [1.82, 2.24) is 5.32 Å². The molecule has 0 heterocycles. The van der Waals surface area contributed by atoms with E-state index in [1.165, 1.54) is 31.2 Å². The van der Waals surface area contributed by atoms with Crippen LogP contribution < -0.4 is 10.1 Å². The zero-order valence-corrected chi connectivity index (χ0v) is 14.5. The van der Waals surface area contributed by atoms with E-state index in [9.17, 15) is 5.11 Å². The van der Waals surface area contributed by atoms with Crippen molar-refractivity contribution in [1.29, 1.82) is 0 Å². The van der Waals surface area contributed by atoms with Crippen LogP contribution in [0.3, 0.4) is 0 Å². The number of rotatable bonds is 10. The average Bonchev–Trinajstić information content (AvgIpc) is 3.05. The van der Waals surface area contributed by atoms with Crippen LogP contribution in [0.25, 0.3) is 0 Å². The number of benzene rings is 1. The molecule has 2 rings (SSSR count). The van der Waals surface area contributed by atoms with Gasteiger partial charge in [-0.2, -0.15) is 0 Å². The van der Waals surface area contributed by atoms with Gasteiger partial charge in [0, 0.05) is 12.6 Å². The maximum absolute atomic E-state index is 9.24. The summed E-state index contributed by atoms with van der Waals surface area (Å²) in [4.78, 5) is 0. The van der Waals surface area contributed by atoms with Gasteiger partial charge in [-0.3, -0.25) is 0 Å². The van der Waals surface area contributed by atoms with Gasteiger partial charge in [-0.1, -0.05) is 25.0 Å². The van der Waals surface area contributed by atoms with Gasteiger partial charge in [0.05, 0.1) is 18.8 Å². The van der Waals surface area contributed by atoms with Crippen LogP contribution in [0.5, 0.6) is 5.75 Å². The van der Waals surface area contributed by atoms with Gasteiger partial charge in [0.15, 0.2) is 0 Å². The number of nitrogens with one attached hydrogen (secondary N) is 1. The van der Waals surface area contributed by atoms with Crippen molar-refractivity contribution in [3.63, 3.8) is 0 Å². The SMILES string of the molecule is CC(O)CNC(C)COc1ccc(CCOC2CCCC2)cc1. The first-order chi connectivity index (χ1) is 11.1. The lowest BCUT2D eigenvalue weighted by Gasteiger charge is -2.16. The van der Waals surface area contributed by atoms with Gasteiger partial charge in [0.25, 0.3) is 0 Å². The molecule has 2 atom stereocenters. The van der Waals surface area contributed by atoms with Crippen LogP contribution in [0, 0.1) is 0 Å². The molecule has 1 saturated carbocycles. The fourth-order valence-corrected chi connectivity index (χ4v) is 2.80. The first-order valence-electron chi connectivity index (χ1n) is 8.88. The van der Waals surface area contributed by atoms with Crippen molar-refractivity contribution in [2.75, 3.05) is 19.8 Å². The van der Waals surface area contributed by atoms with Gasteiger partial charge in [-0.25, -0.2) is 0 Å². The van der Waals surface area contributed by atoms with Gasteiger partial charge in [-0.05, 0) is 50.8 Å². The fourth-order valence-electron chi connectivity index (χ4n) is 2.80. The Bertz CT molecular complexity index is 427. The van der Waals surface area contributed by atoms with Crippen LogP contribution in [0.2, 0.25) is 0 Å². The smallest absolute Gasteiger partial charge is 0.119 e. The fraction of sp³-hybridized carbons (Fsp3) is 0.684. The van der Waals surface area contributed by atoms with Crippen molar-refractivity contribution in [2.24, 2.45) is 0 Å². The van der Waals surface area contributed by atoms with Crippen LogP contribution in [0.1, 0.15) is 45.1 Å². The van der Waals surface area contributed by atoms with E-state index in [1.807, 2.05) is 12.1 Å². The normalized spacial score (nSPS) is 18.0. The lowest BCUT2D eigenvalue weighted by Crippen LogP contribution is -2.36. The molecule has 1 fully saturated rings. The first kappa shape index (κ1) is 18.2. The maximum atomic E-state index is 9.24. The summed E-state index contributed by atoms with van der Waals surface area (Å²) >= 11 is 0. The quantitative estimate of drug-likeness (QED) is 0.696. The molecule has 0 aromatic heterocycles. The number of hydrogen-bond donors (Lipinski definition) is 2. The molecular weight excluding hydrogens is 290 g/mol. The van der Waals surface area contributed by atoms with Gasteiger partial charge in [0.1, 0.15) is 12.4 Å². The van der Waals surface area contributed by atoms with E-state index in [0.717, 1.165) is 18.8 Å². The maximum Gasteiger partial charge on any atom is 0.119 e. The van der Waals surface area contributed by atoms with Crippen molar-refractivity contribution in [3.05, 3.63) is 29.8 Å². The van der Waals surface area contributed by atoms with E-state index < -0.39 is 0 Å². The zero-order chi connectivity index (χ0) is 16.5. The predicted molar refractivity (Wildman–Crippen MR) is 93.0 cm³/mol. The Morgan fingerprint density at radius 3 is 2.52 bits per heavy atom. The monoisotopic (exact) mass is 321 g/mol. The summed E-state index contributed by atoms with van der Waals surface area (Å²) in [5, 5.41) is 12.5. The highest BCUT2D eigenvalue weighted by atomic mass is 16.5. The van der Waals surface area contributed by atoms with E-state index in [2.05, 4.69) is 24.4 Å². The van der Waals surface area contributed by atoms with E-state index in [0.29, 0.717) is 19.3 Å². The molecule has 0 spiro atoms. The Kier molecular flexibility index (Phi) is 7.86. The minimum absolute atomic E-state index is 0.212. The van der Waals surface area contributed by atoms with Gasteiger partial charge < -0.3 is 19.9 Å². The molecule has 1 aromatic rings. The minimum atomic E-state index is -0.330. The molecule has 4 heteroatoms. The third kappa shape index (κ3) is 7.34. The summed E-state index contributed by atoms with van der Waals surface area (Å²) in [6, 6.07) is 8.48. The van der Waals surface area contributed by atoms with Crippen LogP contribution in [0.15, 0.2) is 24.3 Å². The molecule has 2 unspecified atom stereocenters. The molecule has 1 aliphatic rings. The Labute approximate surface area is 140 Å². The Morgan fingerprint density at radius 2 is 1.87 bits per heavy atom. The van der Waals surface area contributed by atoms with Crippen LogP contribution in [0.4, 0.5) is 0 Å². The Balaban J connectivity index is 1.63. The molecule has 1 aromatic carbocycles. The molecule has 4 nitrogen and oxygen atoms in total. The third-order valence-corrected chi connectivity index (χ3v) is 4.23. The number of aliphatic hydroxyl groups excluding tert-OH is 1. The Morgan fingerprint density at radius 1 is 1.17 bits per heavy atom. The molecule has 0 aliphatic heterocycles. The molecule has 130 valence electrons. The molecule has 2 N–H and O–H groups in total. The van der Waals surface area contributed by atoms with Crippen molar-refractivity contribution in [2.45, 2.75) is 64.2 Å². The van der Waals surface area contributed by atoms with Crippen LogP contribution >= 0.6 is 0 Å². The van der Waals surface area contributed by atoms with Gasteiger partial charge in [0.2, 0.25) is 0 Å². The summed E-state index contributed by atoms with van der Waals surface area (Å²) in [5.74, 6) is 0.885. The van der Waals surface area contributed by atoms with Crippen LogP contribution in [-0.2, 0) is 11.2 Å². The highest BCUT2D eigenvalue weighted by Crippen LogP contribution is 2.21.